The predicted octanol–water partition coefficient (Wildman–Crippen LogP) is 4.89. The van der Waals surface area contributed by atoms with Crippen molar-refractivity contribution in [1.29, 1.82) is 0 Å². The van der Waals surface area contributed by atoms with Gasteiger partial charge in [-0.15, -0.1) is 0 Å². The lowest BCUT2D eigenvalue weighted by molar-refractivity contribution is -0.138. The summed E-state index contributed by atoms with van der Waals surface area (Å²) in [7, 11) is 2.02. The summed E-state index contributed by atoms with van der Waals surface area (Å²) in [5.74, 6) is -0.716. The molecule has 1 saturated carbocycles. The summed E-state index contributed by atoms with van der Waals surface area (Å²) in [4.78, 5) is 38.0. The molecule has 0 spiro atoms. The first-order valence-corrected chi connectivity index (χ1v) is 14.1. The van der Waals surface area contributed by atoms with Crippen LogP contribution in [0.4, 0.5) is 24.8 Å². The molecule has 1 aliphatic carbocycles. The minimum Gasteiger partial charge on any atom is -0.354 e. The molecule has 1 aromatic carbocycles. The van der Waals surface area contributed by atoms with Crippen LogP contribution in [0.3, 0.4) is 0 Å². The van der Waals surface area contributed by atoms with E-state index in [2.05, 4.69) is 25.5 Å². The molecule has 8 nitrogen and oxygen atoms in total. The van der Waals surface area contributed by atoms with E-state index in [-0.39, 0.29) is 47.8 Å². The van der Waals surface area contributed by atoms with E-state index >= 15 is 0 Å². The quantitative estimate of drug-likeness (QED) is 0.469. The first-order chi connectivity index (χ1) is 19.0. The smallest absolute Gasteiger partial charge is 0.354 e. The van der Waals surface area contributed by atoms with E-state index in [1.54, 1.807) is 24.3 Å². The Morgan fingerprint density at radius 2 is 1.70 bits per heavy atom. The van der Waals surface area contributed by atoms with Crippen LogP contribution in [0.25, 0.3) is 0 Å². The molecule has 1 aliphatic heterocycles. The fourth-order valence-corrected chi connectivity index (χ4v) is 5.50. The molecule has 0 bridgehead atoms. The number of nitrogens with one attached hydrogen (secondary N) is 2. The van der Waals surface area contributed by atoms with E-state index in [0.29, 0.717) is 37.2 Å². The maximum absolute atomic E-state index is 13.9. The van der Waals surface area contributed by atoms with E-state index in [1.807, 2.05) is 25.8 Å². The number of likely N-dealkylation sites (N-methyl/N-ethyl adjacent to an activating group) is 1. The van der Waals surface area contributed by atoms with Gasteiger partial charge >= 0.3 is 6.18 Å². The summed E-state index contributed by atoms with van der Waals surface area (Å²) in [5.41, 5.74) is 0.118. The van der Waals surface area contributed by atoms with Crippen LogP contribution in [0.2, 0.25) is 0 Å². The van der Waals surface area contributed by atoms with Crippen LogP contribution < -0.4 is 10.6 Å². The SMILES string of the molecule is CC(C)NC(=O)[C@H]1CCCCC[C@H]1Cc1nc(Nc2ccc(C(=O)N3CCN(C)CC3)cc2)ncc1C(F)(F)F. The molecular weight excluding hydrogens is 521 g/mol. The molecule has 40 heavy (non-hydrogen) atoms. The second kappa shape index (κ2) is 13.0. The van der Waals surface area contributed by atoms with Gasteiger partial charge in [0.05, 0.1) is 11.3 Å². The second-order valence-corrected chi connectivity index (χ2v) is 11.2. The van der Waals surface area contributed by atoms with Crippen molar-refractivity contribution in [1.82, 2.24) is 25.1 Å². The van der Waals surface area contributed by atoms with Gasteiger partial charge in [0.15, 0.2) is 0 Å². The lowest BCUT2D eigenvalue weighted by Gasteiger charge is -2.32. The molecule has 4 rings (SSSR count). The van der Waals surface area contributed by atoms with Gasteiger partial charge in [0.2, 0.25) is 11.9 Å². The fraction of sp³-hybridized carbons (Fsp3) is 0.586. The number of hydrogen-bond donors (Lipinski definition) is 2. The monoisotopic (exact) mass is 560 g/mol. The number of nitrogens with zero attached hydrogens (tertiary/aromatic N) is 4. The average Bonchev–Trinajstić information content (AvgIpc) is 3.14. The number of halogens is 3. The maximum atomic E-state index is 13.9. The van der Waals surface area contributed by atoms with Gasteiger partial charge in [-0.05, 0) is 70.3 Å². The maximum Gasteiger partial charge on any atom is 0.419 e. The standard InChI is InChI=1S/C29H39F3N6O2/c1-19(2)34-26(39)23-8-6-4-5-7-21(23)17-25-24(29(30,31)32)18-33-28(36-25)35-22-11-9-20(10-12-22)27(40)38-15-13-37(3)14-16-38/h9-12,18-19,21,23H,4-8,13-17H2,1-3H3,(H,34,39)(H,33,35,36)/t21-,23-/m0/s1. The molecule has 1 saturated heterocycles. The van der Waals surface area contributed by atoms with E-state index in [4.69, 9.17) is 0 Å². The number of anilines is 2. The van der Waals surface area contributed by atoms with Crippen molar-refractivity contribution in [3.05, 3.63) is 47.3 Å². The molecule has 2 N–H and O–H groups in total. The van der Waals surface area contributed by atoms with Crippen molar-refractivity contribution in [3.63, 3.8) is 0 Å². The van der Waals surface area contributed by atoms with Gasteiger partial charge in [0.1, 0.15) is 0 Å². The number of aromatic nitrogens is 2. The summed E-state index contributed by atoms with van der Waals surface area (Å²) in [6, 6.07) is 6.73. The number of carbonyl (C=O) groups excluding carboxylic acids is 2. The zero-order valence-corrected chi connectivity index (χ0v) is 23.4. The number of piperazine rings is 1. The van der Waals surface area contributed by atoms with Crippen molar-refractivity contribution in [2.24, 2.45) is 11.8 Å². The zero-order chi connectivity index (χ0) is 28.9. The topological polar surface area (TPSA) is 90.5 Å². The number of carbonyl (C=O) groups is 2. The molecule has 11 heteroatoms. The molecule has 2 aliphatic rings. The third kappa shape index (κ3) is 7.71. The van der Waals surface area contributed by atoms with Crippen molar-refractivity contribution >= 4 is 23.5 Å². The molecule has 2 fully saturated rings. The highest BCUT2D eigenvalue weighted by atomic mass is 19.4. The first-order valence-electron chi connectivity index (χ1n) is 14.1. The van der Waals surface area contributed by atoms with E-state index in [9.17, 15) is 22.8 Å². The van der Waals surface area contributed by atoms with E-state index < -0.39 is 11.7 Å². The van der Waals surface area contributed by atoms with Crippen molar-refractivity contribution in [2.75, 3.05) is 38.5 Å². The van der Waals surface area contributed by atoms with Crippen LogP contribution in [0.15, 0.2) is 30.5 Å². The van der Waals surface area contributed by atoms with Crippen LogP contribution in [0, 0.1) is 11.8 Å². The largest absolute Gasteiger partial charge is 0.419 e. The Morgan fingerprint density at radius 1 is 1.02 bits per heavy atom. The summed E-state index contributed by atoms with van der Waals surface area (Å²) < 4.78 is 41.8. The number of alkyl halides is 3. The molecule has 2 amide bonds. The Bertz CT molecular complexity index is 1160. The Morgan fingerprint density at radius 3 is 2.35 bits per heavy atom. The normalized spacial score (nSPS) is 20.7. The lowest BCUT2D eigenvalue weighted by Crippen LogP contribution is -2.47. The first kappa shape index (κ1) is 29.8. The molecular formula is C29H39F3N6O2. The van der Waals surface area contributed by atoms with Gasteiger partial charge in [-0.25, -0.2) is 9.97 Å². The van der Waals surface area contributed by atoms with Gasteiger partial charge in [-0.3, -0.25) is 9.59 Å². The van der Waals surface area contributed by atoms with Gasteiger partial charge < -0.3 is 20.4 Å². The minimum absolute atomic E-state index is 0.0398. The number of hydrogen-bond acceptors (Lipinski definition) is 6. The van der Waals surface area contributed by atoms with Gasteiger partial charge in [-0.1, -0.05) is 19.3 Å². The van der Waals surface area contributed by atoms with Gasteiger partial charge in [0.25, 0.3) is 5.91 Å². The second-order valence-electron chi connectivity index (χ2n) is 11.2. The summed E-state index contributed by atoms with van der Waals surface area (Å²) in [6.07, 6.45) is 0.270. The molecule has 0 unspecified atom stereocenters. The van der Waals surface area contributed by atoms with Crippen LogP contribution in [0.1, 0.15) is 67.6 Å². The van der Waals surface area contributed by atoms with Gasteiger partial charge in [0, 0.05) is 55.6 Å². The minimum atomic E-state index is -4.61. The zero-order valence-electron chi connectivity index (χ0n) is 23.4. The van der Waals surface area contributed by atoms with E-state index in [1.165, 1.54) is 0 Å². The summed E-state index contributed by atoms with van der Waals surface area (Å²) in [6.45, 7) is 6.73. The number of rotatable bonds is 7. The van der Waals surface area contributed by atoms with Crippen molar-refractivity contribution in [3.8, 4) is 0 Å². The van der Waals surface area contributed by atoms with Crippen LogP contribution in [-0.4, -0.2) is 70.9 Å². The van der Waals surface area contributed by atoms with Crippen molar-refractivity contribution < 1.29 is 22.8 Å². The average molecular weight is 561 g/mol. The molecule has 218 valence electrons. The number of benzene rings is 1. The fourth-order valence-electron chi connectivity index (χ4n) is 5.50. The third-order valence-electron chi connectivity index (χ3n) is 7.73. The highest BCUT2D eigenvalue weighted by Crippen LogP contribution is 2.36. The predicted molar refractivity (Wildman–Crippen MR) is 147 cm³/mol. The lowest BCUT2D eigenvalue weighted by atomic mass is 9.83. The Labute approximate surface area is 233 Å². The summed E-state index contributed by atoms with van der Waals surface area (Å²) in [5, 5.41) is 5.93. The van der Waals surface area contributed by atoms with Gasteiger partial charge in [-0.2, -0.15) is 13.2 Å². The number of amides is 2. The molecule has 0 radical (unpaired) electrons. The Kier molecular flexibility index (Phi) is 9.65. The van der Waals surface area contributed by atoms with Crippen molar-refractivity contribution in [2.45, 2.75) is 64.6 Å². The molecule has 2 heterocycles. The third-order valence-corrected chi connectivity index (χ3v) is 7.73. The van der Waals surface area contributed by atoms with Crippen LogP contribution >= 0.6 is 0 Å². The Hall–Kier alpha value is -3.21. The Balaban J connectivity index is 1.52. The van der Waals surface area contributed by atoms with Crippen LogP contribution in [-0.2, 0) is 17.4 Å². The highest BCUT2D eigenvalue weighted by Gasteiger charge is 2.38. The van der Waals surface area contributed by atoms with E-state index in [0.717, 1.165) is 38.5 Å². The molecule has 2 atom stereocenters. The molecule has 2 aromatic rings. The summed E-state index contributed by atoms with van der Waals surface area (Å²) >= 11 is 0. The highest BCUT2D eigenvalue weighted by molar-refractivity contribution is 5.94. The van der Waals surface area contributed by atoms with Crippen LogP contribution in [0.5, 0.6) is 0 Å². The molecule has 1 aromatic heterocycles.